The van der Waals surface area contributed by atoms with Crippen LogP contribution in [0.25, 0.3) is 60.5 Å². The SMILES string of the molecule is c1ccc(-c2ccc(N(c3ccccc3)c3cccc4c3c3ccccc3n4-c3ccccc3)c(-c3ccc4ccccc4c3)c2)cc1. The van der Waals surface area contributed by atoms with Crippen molar-refractivity contribution < 1.29 is 0 Å². The van der Waals surface area contributed by atoms with Gasteiger partial charge in [0.1, 0.15) is 0 Å². The monoisotopic (exact) mass is 612 g/mol. The van der Waals surface area contributed by atoms with Gasteiger partial charge in [0, 0.05) is 27.7 Å². The van der Waals surface area contributed by atoms with Crippen molar-refractivity contribution in [2.24, 2.45) is 0 Å². The normalized spacial score (nSPS) is 11.3. The summed E-state index contributed by atoms with van der Waals surface area (Å²) >= 11 is 0. The molecule has 0 saturated carbocycles. The van der Waals surface area contributed by atoms with Crippen LogP contribution in [0.4, 0.5) is 17.1 Å². The Kier molecular flexibility index (Phi) is 6.84. The highest BCUT2D eigenvalue weighted by Crippen LogP contribution is 2.47. The molecule has 0 N–H and O–H groups in total. The summed E-state index contributed by atoms with van der Waals surface area (Å²) in [6, 6.07) is 70.0. The Bertz CT molecular complexity index is 2550. The molecule has 1 aromatic heterocycles. The molecule has 0 atom stereocenters. The minimum atomic E-state index is 1.11. The number of nitrogens with zero attached hydrogens (tertiary/aromatic N) is 2. The van der Waals surface area contributed by atoms with Gasteiger partial charge in [0.25, 0.3) is 0 Å². The maximum absolute atomic E-state index is 2.45. The number of fused-ring (bicyclic) bond motifs is 4. The minimum absolute atomic E-state index is 1.11. The molecule has 0 amide bonds. The van der Waals surface area contributed by atoms with Crippen LogP contribution in [0.3, 0.4) is 0 Å². The first kappa shape index (κ1) is 27.9. The second-order valence-electron chi connectivity index (χ2n) is 12.2. The first-order chi connectivity index (χ1) is 23.8. The summed E-state index contributed by atoms with van der Waals surface area (Å²) in [6.45, 7) is 0. The summed E-state index contributed by atoms with van der Waals surface area (Å²) in [5.41, 5.74) is 11.6. The number of anilines is 3. The first-order valence-corrected chi connectivity index (χ1v) is 16.4. The van der Waals surface area contributed by atoms with Crippen LogP contribution in [0, 0.1) is 0 Å². The number of hydrogen-bond acceptors (Lipinski definition) is 1. The standard InChI is InChI=1S/C46H32N2/c1-4-15-33(16-5-1)36-29-30-43(41(32-36)37-28-27-34-17-10-11-18-35(34)31-37)48(39-21-8-3-9-22-39)45-26-14-25-44-46(45)40-23-12-13-24-42(40)47(44)38-19-6-2-7-20-38/h1-32H. The molecule has 48 heavy (non-hydrogen) atoms. The molecule has 8 aromatic carbocycles. The third-order valence-electron chi connectivity index (χ3n) is 9.35. The van der Waals surface area contributed by atoms with E-state index in [4.69, 9.17) is 0 Å². The molecule has 0 aliphatic heterocycles. The lowest BCUT2D eigenvalue weighted by atomic mass is 9.94. The zero-order chi connectivity index (χ0) is 31.9. The van der Waals surface area contributed by atoms with Crippen molar-refractivity contribution >= 4 is 49.6 Å². The summed E-state index contributed by atoms with van der Waals surface area (Å²) in [6.07, 6.45) is 0. The highest BCUT2D eigenvalue weighted by Gasteiger charge is 2.23. The van der Waals surface area contributed by atoms with Gasteiger partial charge in [-0.2, -0.15) is 0 Å². The minimum Gasteiger partial charge on any atom is -0.309 e. The quantitative estimate of drug-likeness (QED) is 0.181. The van der Waals surface area contributed by atoms with Crippen molar-refractivity contribution in [3.05, 3.63) is 194 Å². The number of hydrogen-bond donors (Lipinski definition) is 0. The number of benzene rings is 8. The molecule has 9 aromatic rings. The van der Waals surface area contributed by atoms with E-state index in [0.717, 1.165) is 22.7 Å². The first-order valence-electron chi connectivity index (χ1n) is 16.4. The predicted octanol–water partition coefficient (Wildman–Crippen LogP) is 12.7. The van der Waals surface area contributed by atoms with E-state index in [1.54, 1.807) is 0 Å². The molecule has 0 spiro atoms. The van der Waals surface area contributed by atoms with Gasteiger partial charge in [0.05, 0.1) is 22.4 Å². The van der Waals surface area contributed by atoms with Crippen molar-refractivity contribution in [1.82, 2.24) is 4.57 Å². The van der Waals surface area contributed by atoms with Crippen molar-refractivity contribution in [2.45, 2.75) is 0 Å². The van der Waals surface area contributed by atoms with Crippen LogP contribution in [0.5, 0.6) is 0 Å². The van der Waals surface area contributed by atoms with Crippen molar-refractivity contribution in [2.75, 3.05) is 4.90 Å². The number of aromatic nitrogens is 1. The topological polar surface area (TPSA) is 8.17 Å². The molecule has 9 rings (SSSR count). The lowest BCUT2D eigenvalue weighted by Gasteiger charge is -2.29. The zero-order valence-electron chi connectivity index (χ0n) is 26.4. The van der Waals surface area contributed by atoms with Crippen LogP contribution < -0.4 is 4.90 Å². The Morgan fingerprint density at radius 3 is 1.83 bits per heavy atom. The Morgan fingerprint density at radius 2 is 1.02 bits per heavy atom. The van der Waals surface area contributed by atoms with E-state index in [1.807, 2.05) is 0 Å². The number of para-hydroxylation sites is 3. The van der Waals surface area contributed by atoms with Crippen molar-refractivity contribution in [1.29, 1.82) is 0 Å². The van der Waals surface area contributed by atoms with Gasteiger partial charge in [0.15, 0.2) is 0 Å². The van der Waals surface area contributed by atoms with E-state index in [9.17, 15) is 0 Å². The fourth-order valence-corrected chi connectivity index (χ4v) is 7.16. The van der Waals surface area contributed by atoms with Gasteiger partial charge in [-0.25, -0.2) is 0 Å². The predicted molar refractivity (Wildman–Crippen MR) is 204 cm³/mol. The van der Waals surface area contributed by atoms with Crippen molar-refractivity contribution in [3.63, 3.8) is 0 Å². The van der Waals surface area contributed by atoms with Crippen LogP contribution in [-0.4, -0.2) is 4.57 Å². The fourth-order valence-electron chi connectivity index (χ4n) is 7.16. The molecule has 1 heterocycles. The average molecular weight is 613 g/mol. The van der Waals surface area contributed by atoms with E-state index >= 15 is 0 Å². The highest BCUT2D eigenvalue weighted by molar-refractivity contribution is 6.17. The molecule has 0 radical (unpaired) electrons. The summed E-state index contributed by atoms with van der Waals surface area (Å²) in [5.74, 6) is 0. The molecular weight excluding hydrogens is 581 g/mol. The van der Waals surface area contributed by atoms with Gasteiger partial charge in [-0.05, 0) is 88.1 Å². The maximum Gasteiger partial charge on any atom is 0.0562 e. The maximum atomic E-state index is 2.45. The van der Waals surface area contributed by atoms with Gasteiger partial charge in [0.2, 0.25) is 0 Å². The molecule has 2 nitrogen and oxygen atoms in total. The third kappa shape index (κ3) is 4.74. The third-order valence-corrected chi connectivity index (χ3v) is 9.35. The molecule has 0 aliphatic carbocycles. The van der Waals surface area contributed by atoms with Gasteiger partial charge in [-0.15, -0.1) is 0 Å². The van der Waals surface area contributed by atoms with Crippen LogP contribution >= 0.6 is 0 Å². The van der Waals surface area contributed by atoms with E-state index in [0.29, 0.717) is 0 Å². The second-order valence-corrected chi connectivity index (χ2v) is 12.2. The lowest BCUT2D eigenvalue weighted by molar-refractivity contribution is 1.18. The van der Waals surface area contributed by atoms with E-state index in [-0.39, 0.29) is 0 Å². The van der Waals surface area contributed by atoms with E-state index < -0.39 is 0 Å². The summed E-state index contributed by atoms with van der Waals surface area (Å²) < 4.78 is 2.39. The van der Waals surface area contributed by atoms with Gasteiger partial charge < -0.3 is 9.47 Å². The smallest absolute Gasteiger partial charge is 0.0562 e. The second kappa shape index (κ2) is 11.8. The molecule has 0 fully saturated rings. The molecule has 0 bridgehead atoms. The lowest BCUT2D eigenvalue weighted by Crippen LogP contribution is -2.12. The largest absolute Gasteiger partial charge is 0.309 e. The van der Waals surface area contributed by atoms with Crippen LogP contribution in [0.15, 0.2) is 194 Å². The van der Waals surface area contributed by atoms with Crippen LogP contribution in [-0.2, 0) is 0 Å². The Morgan fingerprint density at radius 1 is 0.375 bits per heavy atom. The average Bonchev–Trinajstić information content (AvgIpc) is 3.51. The number of rotatable bonds is 6. The van der Waals surface area contributed by atoms with Crippen LogP contribution in [0.1, 0.15) is 0 Å². The van der Waals surface area contributed by atoms with Gasteiger partial charge in [-0.3, -0.25) is 0 Å². The van der Waals surface area contributed by atoms with Crippen LogP contribution in [0.2, 0.25) is 0 Å². The summed E-state index contributed by atoms with van der Waals surface area (Å²) in [7, 11) is 0. The zero-order valence-corrected chi connectivity index (χ0v) is 26.4. The van der Waals surface area contributed by atoms with Gasteiger partial charge in [-0.1, -0.05) is 133 Å². The highest BCUT2D eigenvalue weighted by atomic mass is 15.1. The van der Waals surface area contributed by atoms with E-state index in [1.165, 1.54) is 54.8 Å². The molecule has 226 valence electrons. The van der Waals surface area contributed by atoms with Crippen molar-refractivity contribution in [3.8, 4) is 27.9 Å². The molecule has 0 aliphatic rings. The van der Waals surface area contributed by atoms with E-state index in [2.05, 4.69) is 204 Å². The molecule has 0 saturated heterocycles. The summed E-state index contributed by atoms with van der Waals surface area (Å²) in [5, 5.41) is 4.91. The molecular formula is C46H32N2. The Balaban J connectivity index is 1.36. The van der Waals surface area contributed by atoms with Gasteiger partial charge >= 0.3 is 0 Å². The fraction of sp³-hybridized carbons (Fsp3) is 0. The molecule has 0 unspecified atom stereocenters. The Hall–Kier alpha value is -6.38. The Labute approximate surface area is 280 Å². The summed E-state index contributed by atoms with van der Waals surface area (Å²) in [4.78, 5) is 2.45. The molecule has 2 heteroatoms.